The number of alkyl halides is 3. The summed E-state index contributed by atoms with van der Waals surface area (Å²) in [5.41, 5.74) is 0.109. The van der Waals surface area contributed by atoms with Crippen molar-refractivity contribution in [2.24, 2.45) is 0 Å². The van der Waals surface area contributed by atoms with E-state index in [1.165, 1.54) is 12.6 Å². The second-order valence-electron chi connectivity index (χ2n) is 4.43. The molecule has 118 valence electrons. The first-order valence-electron chi connectivity index (χ1n) is 6.30. The number of para-hydroxylation sites is 1. The third kappa shape index (κ3) is 3.26. The highest BCUT2D eigenvalue weighted by Crippen LogP contribution is 2.34. The molecule has 0 saturated carbocycles. The van der Waals surface area contributed by atoms with Crippen LogP contribution in [0.3, 0.4) is 0 Å². The molecule has 5 nitrogen and oxygen atoms in total. The van der Waals surface area contributed by atoms with Crippen molar-refractivity contribution in [1.29, 1.82) is 0 Å². The molecule has 1 N–H and O–H groups in total. The predicted molar refractivity (Wildman–Crippen MR) is 77.3 cm³/mol. The minimum Gasteiger partial charge on any atom is -0.443 e. The Bertz CT molecular complexity index is 821. The van der Waals surface area contributed by atoms with Crippen molar-refractivity contribution >= 4 is 23.2 Å². The first-order valence-corrected chi connectivity index (χ1v) is 6.67. The van der Waals surface area contributed by atoms with Crippen LogP contribution in [0.5, 0.6) is 0 Å². The third-order valence-electron chi connectivity index (χ3n) is 2.92. The topological polar surface area (TPSA) is 63.8 Å². The van der Waals surface area contributed by atoms with Crippen LogP contribution in [0.15, 0.2) is 47.5 Å². The maximum absolute atomic E-state index is 12.7. The van der Waals surface area contributed by atoms with Crippen molar-refractivity contribution in [3.05, 3.63) is 53.8 Å². The summed E-state index contributed by atoms with van der Waals surface area (Å²) in [6.45, 7) is 0. The molecule has 0 aliphatic rings. The molecular weight excluding hydrogens is 333 g/mol. The molecule has 0 atom stereocenters. The first kappa shape index (κ1) is 15.3. The Morgan fingerprint density at radius 1 is 1.13 bits per heavy atom. The fraction of sp³-hybridized carbons (Fsp3) is 0.0714. The van der Waals surface area contributed by atoms with Crippen molar-refractivity contribution in [2.45, 2.75) is 6.18 Å². The van der Waals surface area contributed by atoms with Gasteiger partial charge in [-0.2, -0.15) is 13.2 Å². The van der Waals surface area contributed by atoms with Gasteiger partial charge < -0.3 is 9.73 Å². The number of anilines is 2. The second-order valence-corrected chi connectivity index (χ2v) is 4.79. The number of aromatic nitrogens is 3. The summed E-state index contributed by atoms with van der Waals surface area (Å²) in [4.78, 5) is 11.1. The minimum atomic E-state index is -4.60. The van der Waals surface area contributed by atoms with Gasteiger partial charge in [0.2, 0.25) is 5.95 Å². The second kappa shape index (κ2) is 5.88. The molecule has 0 fully saturated rings. The number of oxazole rings is 1. The summed E-state index contributed by atoms with van der Waals surface area (Å²) in [5, 5.41) is 2.14. The van der Waals surface area contributed by atoms with E-state index in [0.29, 0.717) is 23.2 Å². The van der Waals surface area contributed by atoms with Crippen LogP contribution in [0.4, 0.5) is 24.8 Å². The van der Waals surface area contributed by atoms with Crippen LogP contribution >= 0.6 is 11.6 Å². The highest BCUT2D eigenvalue weighted by Gasteiger charge is 2.34. The van der Waals surface area contributed by atoms with Crippen molar-refractivity contribution in [1.82, 2.24) is 15.0 Å². The third-order valence-corrected chi connectivity index (χ3v) is 3.21. The lowest BCUT2D eigenvalue weighted by Gasteiger charge is -2.11. The molecule has 0 amide bonds. The Kier molecular flexibility index (Phi) is 3.91. The monoisotopic (exact) mass is 340 g/mol. The van der Waals surface area contributed by atoms with Crippen LogP contribution in [0, 0.1) is 0 Å². The molecule has 0 aliphatic carbocycles. The lowest BCUT2D eigenvalue weighted by molar-refractivity contribution is -0.137. The average Bonchev–Trinajstić information content (AvgIpc) is 3.00. The van der Waals surface area contributed by atoms with Gasteiger partial charge in [0.15, 0.2) is 12.2 Å². The van der Waals surface area contributed by atoms with Crippen LogP contribution in [0.25, 0.3) is 11.3 Å². The Morgan fingerprint density at radius 2 is 1.91 bits per heavy atom. The van der Waals surface area contributed by atoms with E-state index >= 15 is 0 Å². The highest BCUT2D eigenvalue weighted by molar-refractivity contribution is 6.30. The lowest BCUT2D eigenvalue weighted by atomic mass is 10.1. The fourth-order valence-corrected chi connectivity index (χ4v) is 2.12. The van der Waals surface area contributed by atoms with Gasteiger partial charge in [-0.1, -0.05) is 23.7 Å². The molecule has 3 aromatic rings. The van der Waals surface area contributed by atoms with Gasteiger partial charge in [0.1, 0.15) is 10.7 Å². The zero-order chi connectivity index (χ0) is 16.4. The number of hydrogen-bond acceptors (Lipinski definition) is 5. The molecule has 0 aliphatic heterocycles. The summed E-state index contributed by atoms with van der Waals surface area (Å²) in [7, 11) is 0. The number of nitrogens with zero attached hydrogens (tertiary/aromatic N) is 3. The number of benzene rings is 1. The fourth-order valence-electron chi connectivity index (χ4n) is 1.89. The zero-order valence-electron chi connectivity index (χ0n) is 11.3. The van der Waals surface area contributed by atoms with Gasteiger partial charge in [-0.05, 0) is 12.1 Å². The Balaban J connectivity index is 1.93. The number of hydrogen-bond donors (Lipinski definition) is 1. The molecule has 0 bridgehead atoms. The van der Waals surface area contributed by atoms with Gasteiger partial charge >= 0.3 is 6.18 Å². The van der Waals surface area contributed by atoms with Gasteiger partial charge in [0.25, 0.3) is 0 Å². The van der Waals surface area contributed by atoms with E-state index < -0.39 is 16.9 Å². The van der Waals surface area contributed by atoms with Crippen molar-refractivity contribution in [3.63, 3.8) is 0 Å². The van der Waals surface area contributed by atoms with Gasteiger partial charge in [-0.15, -0.1) is 0 Å². The van der Waals surface area contributed by atoms with E-state index in [2.05, 4.69) is 20.3 Å². The molecule has 0 radical (unpaired) electrons. The molecule has 0 spiro atoms. The molecule has 2 heterocycles. The normalized spacial score (nSPS) is 11.5. The highest BCUT2D eigenvalue weighted by atomic mass is 35.5. The maximum Gasteiger partial charge on any atom is 0.420 e. The van der Waals surface area contributed by atoms with E-state index in [9.17, 15) is 13.2 Å². The molecule has 3 rings (SSSR count). The Hall–Kier alpha value is -2.61. The summed E-state index contributed by atoms with van der Waals surface area (Å²) in [5.74, 6) is 0.432. The number of halogens is 4. The zero-order valence-corrected chi connectivity index (χ0v) is 12.1. The van der Waals surface area contributed by atoms with E-state index in [0.717, 1.165) is 0 Å². The Morgan fingerprint density at radius 3 is 2.57 bits per heavy atom. The van der Waals surface area contributed by atoms with E-state index in [1.807, 2.05) is 0 Å². The van der Waals surface area contributed by atoms with Gasteiger partial charge in [0.05, 0.1) is 11.9 Å². The van der Waals surface area contributed by atoms with Crippen LogP contribution in [0.1, 0.15) is 5.56 Å². The van der Waals surface area contributed by atoms with E-state index in [4.69, 9.17) is 16.0 Å². The average molecular weight is 341 g/mol. The molecular formula is C14H8ClF3N4O. The standard InChI is InChI=1S/C14H8ClF3N4O/c15-12-9(14(16,17)18)5-20-13(22-12)21-10-4-2-1-3-8(10)11-6-19-7-23-11/h1-7H,(H,20,21,22). The molecule has 23 heavy (non-hydrogen) atoms. The van der Waals surface area contributed by atoms with Crippen molar-refractivity contribution in [2.75, 3.05) is 5.32 Å². The first-order chi connectivity index (χ1) is 10.9. The smallest absolute Gasteiger partial charge is 0.420 e. The molecule has 1 aromatic carbocycles. The minimum absolute atomic E-state index is 0.0602. The van der Waals surface area contributed by atoms with Crippen molar-refractivity contribution < 1.29 is 17.6 Å². The van der Waals surface area contributed by atoms with Crippen LogP contribution in [0.2, 0.25) is 5.15 Å². The predicted octanol–water partition coefficient (Wildman–Crippen LogP) is 4.55. The summed E-state index contributed by atoms with van der Waals surface area (Å²) in [6.07, 6.45) is -1.18. The lowest BCUT2D eigenvalue weighted by Crippen LogP contribution is -2.09. The molecule has 0 unspecified atom stereocenters. The summed E-state index contributed by atoms with van der Waals surface area (Å²) in [6, 6.07) is 6.98. The molecule has 9 heteroatoms. The molecule has 2 aromatic heterocycles. The van der Waals surface area contributed by atoms with E-state index in [-0.39, 0.29) is 5.95 Å². The van der Waals surface area contributed by atoms with Gasteiger partial charge in [0, 0.05) is 11.8 Å². The van der Waals surface area contributed by atoms with Crippen LogP contribution in [-0.2, 0) is 6.18 Å². The maximum atomic E-state index is 12.7. The largest absolute Gasteiger partial charge is 0.443 e. The Labute approximate surface area is 133 Å². The SMILES string of the molecule is FC(F)(F)c1cnc(Nc2ccccc2-c2cnco2)nc1Cl. The quantitative estimate of drug-likeness (QED) is 0.709. The number of nitrogens with one attached hydrogen (secondary N) is 1. The summed E-state index contributed by atoms with van der Waals surface area (Å²) < 4.78 is 43.2. The number of rotatable bonds is 3. The van der Waals surface area contributed by atoms with Crippen LogP contribution in [-0.4, -0.2) is 15.0 Å². The van der Waals surface area contributed by atoms with Crippen molar-refractivity contribution in [3.8, 4) is 11.3 Å². The van der Waals surface area contributed by atoms with Crippen LogP contribution < -0.4 is 5.32 Å². The van der Waals surface area contributed by atoms with Gasteiger partial charge in [-0.3, -0.25) is 0 Å². The van der Waals surface area contributed by atoms with Gasteiger partial charge in [-0.25, -0.2) is 15.0 Å². The molecule has 0 saturated heterocycles. The summed E-state index contributed by atoms with van der Waals surface area (Å²) >= 11 is 5.58. The van der Waals surface area contributed by atoms with E-state index in [1.54, 1.807) is 24.3 Å².